The van der Waals surface area contributed by atoms with Gasteiger partial charge in [-0.15, -0.1) is 45.5 Å². The van der Waals surface area contributed by atoms with E-state index in [4.69, 9.17) is 0 Å². The average Bonchev–Trinajstić information content (AvgIpc) is 3.34. The lowest BCUT2D eigenvalue weighted by atomic mass is 10.2. The standard InChI is InChI=1S/C19H25N7S.HI/c1-4-20-19(22-11-18-24-16(12-27-18)14(2)3)21-10-17-25-23-13-26(17)15-8-6-5-7-9-15;/h5-9,12-14H,4,10-11H2,1-3H3,(H2,20,21,22);1H. The molecule has 0 saturated heterocycles. The number of thiazole rings is 1. The van der Waals surface area contributed by atoms with Gasteiger partial charge in [-0.25, -0.2) is 9.98 Å². The third-order valence-electron chi connectivity index (χ3n) is 3.94. The molecule has 0 atom stereocenters. The summed E-state index contributed by atoms with van der Waals surface area (Å²) >= 11 is 1.67. The van der Waals surface area contributed by atoms with Crippen molar-refractivity contribution in [2.75, 3.05) is 6.54 Å². The van der Waals surface area contributed by atoms with E-state index in [1.54, 1.807) is 17.7 Å². The summed E-state index contributed by atoms with van der Waals surface area (Å²) in [7, 11) is 0. The normalized spacial score (nSPS) is 11.4. The minimum Gasteiger partial charge on any atom is -0.357 e. The number of rotatable bonds is 7. The summed E-state index contributed by atoms with van der Waals surface area (Å²) in [4.78, 5) is 9.30. The number of guanidine groups is 1. The van der Waals surface area contributed by atoms with Gasteiger partial charge in [0.25, 0.3) is 0 Å². The van der Waals surface area contributed by atoms with Crippen molar-refractivity contribution in [3.8, 4) is 5.69 Å². The van der Waals surface area contributed by atoms with E-state index in [1.165, 1.54) is 0 Å². The van der Waals surface area contributed by atoms with Crippen molar-refractivity contribution < 1.29 is 0 Å². The van der Waals surface area contributed by atoms with Crippen LogP contribution in [0.4, 0.5) is 0 Å². The topological polar surface area (TPSA) is 80.0 Å². The molecule has 0 bridgehead atoms. The molecule has 3 aromatic rings. The predicted octanol–water partition coefficient (Wildman–Crippen LogP) is 3.72. The molecule has 0 aliphatic rings. The second-order valence-electron chi connectivity index (χ2n) is 6.32. The summed E-state index contributed by atoms with van der Waals surface area (Å²) in [6.07, 6.45) is 1.71. The van der Waals surface area contributed by atoms with Crippen molar-refractivity contribution in [1.29, 1.82) is 0 Å². The summed E-state index contributed by atoms with van der Waals surface area (Å²) in [5.74, 6) is 1.97. The maximum absolute atomic E-state index is 4.65. The van der Waals surface area contributed by atoms with Gasteiger partial charge in [-0.2, -0.15) is 0 Å². The highest BCUT2D eigenvalue weighted by Gasteiger charge is 2.08. The summed E-state index contributed by atoms with van der Waals surface area (Å²) in [5, 5.41) is 18.0. The molecular formula is C19H26IN7S. The molecule has 3 rings (SSSR count). The number of halogens is 1. The highest BCUT2D eigenvalue weighted by atomic mass is 127. The highest BCUT2D eigenvalue weighted by Crippen LogP contribution is 2.17. The van der Waals surface area contributed by atoms with Crippen LogP contribution in [0.15, 0.2) is 47.0 Å². The molecule has 28 heavy (non-hydrogen) atoms. The van der Waals surface area contributed by atoms with Gasteiger partial charge in [-0.1, -0.05) is 32.0 Å². The third-order valence-corrected chi connectivity index (χ3v) is 4.81. The van der Waals surface area contributed by atoms with Crippen molar-refractivity contribution in [2.24, 2.45) is 4.99 Å². The molecule has 0 aliphatic heterocycles. The van der Waals surface area contributed by atoms with E-state index in [2.05, 4.69) is 50.0 Å². The number of hydrogen-bond acceptors (Lipinski definition) is 5. The molecular weight excluding hydrogens is 485 g/mol. The van der Waals surface area contributed by atoms with Gasteiger partial charge in [0, 0.05) is 17.6 Å². The Morgan fingerprint density at radius 3 is 2.68 bits per heavy atom. The van der Waals surface area contributed by atoms with Crippen molar-refractivity contribution in [2.45, 2.75) is 39.8 Å². The number of benzene rings is 1. The molecule has 0 saturated carbocycles. The number of aromatic nitrogens is 4. The SMILES string of the molecule is CCNC(=NCc1nncn1-c1ccccc1)NCc1nc(C(C)C)cs1.I. The van der Waals surface area contributed by atoms with Crippen LogP contribution in [-0.2, 0) is 13.1 Å². The van der Waals surface area contributed by atoms with E-state index in [9.17, 15) is 0 Å². The second kappa shape index (κ2) is 11.1. The zero-order valence-corrected chi connectivity index (χ0v) is 19.4. The molecule has 2 N–H and O–H groups in total. The molecule has 7 nitrogen and oxygen atoms in total. The van der Waals surface area contributed by atoms with Crippen LogP contribution in [0.2, 0.25) is 0 Å². The van der Waals surface area contributed by atoms with Gasteiger partial charge in [0.15, 0.2) is 11.8 Å². The molecule has 2 aromatic heterocycles. The fraction of sp³-hybridized carbons (Fsp3) is 0.368. The maximum atomic E-state index is 4.65. The zero-order valence-electron chi connectivity index (χ0n) is 16.3. The van der Waals surface area contributed by atoms with Gasteiger partial charge in [0.1, 0.15) is 17.9 Å². The van der Waals surface area contributed by atoms with Crippen molar-refractivity contribution in [3.63, 3.8) is 0 Å². The summed E-state index contributed by atoms with van der Waals surface area (Å²) in [5.41, 5.74) is 2.16. The van der Waals surface area contributed by atoms with Crippen LogP contribution in [0.5, 0.6) is 0 Å². The molecule has 9 heteroatoms. The van der Waals surface area contributed by atoms with E-state index < -0.39 is 0 Å². The van der Waals surface area contributed by atoms with Crippen LogP contribution in [0, 0.1) is 0 Å². The Morgan fingerprint density at radius 1 is 1.21 bits per heavy atom. The van der Waals surface area contributed by atoms with Gasteiger partial charge in [-0.05, 0) is 25.0 Å². The molecule has 0 spiro atoms. The lowest BCUT2D eigenvalue weighted by Gasteiger charge is -2.10. The summed E-state index contributed by atoms with van der Waals surface area (Å²) in [6, 6.07) is 10.0. The predicted molar refractivity (Wildman–Crippen MR) is 125 cm³/mol. The van der Waals surface area contributed by atoms with Crippen molar-refractivity contribution in [1.82, 2.24) is 30.4 Å². The van der Waals surface area contributed by atoms with Crippen molar-refractivity contribution in [3.05, 3.63) is 58.6 Å². The molecule has 0 radical (unpaired) electrons. The fourth-order valence-corrected chi connectivity index (χ4v) is 3.39. The first-order valence-electron chi connectivity index (χ1n) is 9.08. The Morgan fingerprint density at radius 2 is 2.00 bits per heavy atom. The van der Waals surface area contributed by atoms with Gasteiger partial charge >= 0.3 is 0 Å². The largest absolute Gasteiger partial charge is 0.357 e. The smallest absolute Gasteiger partial charge is 0.192 e. The Kier molecular flexibility index (Phi) is 8.84. The number of para-hydroxylation sites is 1. The van der Waals surface area contributed by atoms with Gasteiger partial charge < -0.3 is 10.6 Å². The van der Waals surface area contributed by atoms with E-state index >= 15 is 0 Å². The molecule has 2 heterocycles. The number of hydrogen-bond donors (Lipinski definition) is 2. The van der Waals surface area contributed by atoms with E-state index in [-0.39, 0.29) is 24.0 Å². The molecule has 0 unspecified atom stereocenters. The Bertz CT molecular complexity index is 873. The van der Waals surface area contributed by atoms with Crippen LogP contribution in [0.25, 0.3) is 5.69 Å². The first-order chi connectivity index (χ1) is 13.2. The molecule has 150 valence electrons. The van der Waals surface area contributed by atoms with Crippen LogP contribution in [0.3, 0.4) is 0 Å². The fourth-order valence-electron chi connectivity index (χ4n) is 2.49. The van der Waals surface area contributed by atoms with Gasteiger partial charge in [-0.3, -0.25) is 4.57 Å². The number of aliphatic imine (C=N–C) groups is 1. The third kappa shape index (κ3) is 5.99. The minimum absolute atomic E-state index is 0. The Balaban J connectivity index is 0.00000280. The first-order valence-corrected chi connectivity index (χ1v) is 9.96. The van der Waals surface area contributed by atoms with Crippen LogP contribution in [-0.4, -0.2) is 32.3 Å². The Labute approximate surface area is 186 Å². The maximum Gasteiger partial charge on any atom is 0.192 e. The minimum atomic E-state index is 0. The average molecular weight is 511 g/mol. The van der Waals surface area contributed by atoms with Crippen LogP contribution >= 0.6 is 35.3 Å². The number of nitrogens with one attached hydrogen (secondary N) is 2. The molecule has 0 fully saturated rings. The lowest BCUT2D eigenvalue weighted by molar-refractivity contribution is 0.778. The van der Waals surface area contributed by atoms with Gasteiger partial charge in [0.2, 0.25) is 0 Å². The van der Waals surface area contributed by atoms with E-state index in [1.807, 2.05) is 41.8 Å². The Hall–Kier alpha value is -2.01. The quantitative estimate of drug-likeness (QED) is 0.287. The molecule has 0 aliphatic carbocycles. The summed E-state index contributed by atoms with van der Waals surface area (Å²) in [6.45, 7) is 8.21. The molecule has 0 amide bonds. The highest BCUT2D eigenvalue weighted by molar-refractivity contribution is 14.0. The first kappa shape index (κ1) is 22.3. The van der Waals surface area contributed by atoms with Gasteiger partial charge in [0.05, 0.1) is 12.2 Å². The van der Waals surface area contributed by atoms with E-state index in [0.29, 0.717) is 19.0 Å². The van der Waals surface area contributed by atoms with Crippen molar-refractivity contribution >= 4 is 41.3 Å². The number of nitrogens with zero attached hydrogens (tertiary/aromatic N) is 5. The van der Waals surface area contributed by atoms with Crippen LogP contribution < -0.4 is 10.6 Å². The van der Waals surface area contributed by atoms with Crippen LogP contribution in [0.1, 0.15) is 43.2 Å². The van der Waals surface area contributed by atoms with E-state index in [0.717, 1.165) is 34.7 Å². The molecule has 1 aromatic carbocycles. The lowest BCUT2D eigenvalue weighted by Crippen LogP contribution is -2.36. The second-order valence-corrected chi connectivity index (χ2v) is 7.26. The summed E-state index contributed by atoms with van der Waals surface area (Å²) < 4.78 is 1.95. The zero-order chi connectivity index (χ0) is 19.1. The monoisotopic (exact) mass is 511 g/mol.